The van der Waals surface area contributed by atoms with E-state index in [-0.39, 0.29) is 39.5 Å². The van der Waals surface area contributed by atoms with E-state index in [1.165, 1.54) is 36.5 Å². The molecule has 1 atom stereocenters. The molecule has 11 nitrogen and oxygen atoms in total. The normalized spacial score (nSPS) is 18.2. The van der Waals surface area contributed by atoms with Crippen LogP contribution in [0.1, 0.15) is 40.3 Å². The standard InChI is InChI=1S/C28H24F2N6O5S/c1-39-22-12-31-21(26(29)30)9-19(22)18-10-23(36-7-6-16(8-25(36)37)41-17-13-40-14-17)32-11-20(18)27(38)33-28-35-34-24(42-28)5-4-15-2-3-15/h6-12,15,17,25-26,37H,2-3,13-14H2,1H3,(H,33,35,38). The number of nitrogens with one attached hydrogen (secondary N) is 1. The lowest BCUT2D eigenvalue weighted by Gasteiger charge is -2.31. The highest BCUT2D eigenvalue weighted by Crippen LogP contribution is 2.37. The number of amides is 1. The number of carbonyl (C=O) groups excluding carboxylic acids is 1. The average molecular weight is 595 g/mol. The molecular formula is C28H24F2N6O5S. The molecule has 5 heterocycles. The van der Waals surface area contributed by atoms with E-state index in [0.29, 0.717) is 29.9 Å². The molecule has 1 unspecified atom stereocenters. The first-order chi connectivity index (χ1) is 20.4. The van der Waals surface area contributed by atoms with Crippen molar-refractivity contribution in [3.8, 4) is 28.7 Å². The molecule has 14 heteroatoms. The summed E-state index contributed by atoms with van der Waals surface area (Å²) in [6.07, 6.45) is 5.23. The molecule has 3 aliphatic rings. The van der Waals surface area contributed by atoms with Crippen LogP contribution in [-0.2, 0) is 9.47 Å². The zero-order valence-corrected chi connectivity index (χ0v) is 23.0. The third-order valence-electron chi connectivity index (χ3n) is 6.53. The van der Waals surface area contributed by atoms with Crippen LogP contribution in [0.25, 0.3) is 11.1 Å². The van der Waals surface area contributed by atoms with Gasteiger partial charge in [0.15, 0.2) is 11.2 Å². The number of halogens is 2. The van der Waals surface area contributed by atoms with Gasteiger partial charge in [-0.15, -0.1) is 10.2 Å². The minimum absolute atomic E-state index is 0.0457. The second-order valence-electron chi connectivity index (χ2n) is 9.59. The second-order valence-corrected chi connectivity index (χ2v) is 10.6. The number of hydrogen-bond donors (Lipinski definition) is 2. The van der Waals surface area contributed by atoms with Crippen molar-refractivity contribution in [1.29, 1.82) is 0 Å². The van der Waals surface area contributed by atoms with Gasteiger partial charge in [-0.25, -0.2) is 13.8 Å². The Morgan fingerprint density at radius 1 is 1.21 bits per heavy atom. The third-order valence-corrected chi connectivity index (χ3v) is 7.29. The quantitative estimate of drug-likeness (QED) is 0.370. The largest absolute Gasteiger partial charge is 0.494 e. The van der Waals surface area contributed by atoms with E-state index in [1.54, 1.807) is 12.3 Å². The van der Waals surface area contributed by atoms with E-state index in [4.69, 9.17) is 14.2 Å². The summed E-state index contributed by atoms with van der Waals surface area (Å²) >= 11 is 1.12. The highest BCUT2D eigenvalue weighted by molar-refractivity contribution is 7.15. The third kappa shape index (κ3) is 6.08. The molecule has 2 N–H and O–H groups in total. The monoisotopic (exact) mass is 594 g/mol. The molecule has 42 heavy (non-hydrogen) atoms. The molecule has 0 bridgehead atoms. The molecule has 0 radical (unpaired) electrons. The molecule has 1 aliphatic carbocycles. The number of rotatable bonds is 8. The van der Waals surface area contributed by atoms with Gasteiger partial charge in [-0.3, -0.25) is 15.1 Å². The van der Waals surface area contributed by atoms with Crippen molar-refractivity contribution >= 4 is 28.2 Å². The Kier molecular flexibility index (Phi) is 7.79. The maximum atomic E-state index is 13.6. The Balaban J connectivity index is 1.33. The van der Waals surface area contributed by atoms with E-state index >= 15 is 0 Å². The molecule has 6 rings (SSSR count). The van der Waals surface area contributed by atoms with Crippen LogP contribution in [0, 0.1) is 17.8 Å². The fourth-order valence-corrected chi connectivity index (χ4v) is 4.71. The number of anilines is 2. The van der Waals surface area contributed by atoms with E-state index < -0.39 is 24.3 Å². The van der Waals surface area contributed by atoms with Gasteiger partial charge < -0.3 is 24.2 Å². The van der Waals surface area contributed by atoms with Gasteiger partial charge in [-0.2, -0.15) is 0 Å². The molecule has 1 saturated heterocycles. The van der Waals surface area contributed by atoms with Gasteiger partial charge in [0, 0.05) is 35.5 Å². The van der Waals surface area contributed by atoms with Crippen molar-refractivity contribution < 1.29 is 32.9 Å². The summed E-state index contributed by atoms with van der Waals surface area (Å²) in [5, 5.41) is 22.2. The Bertz CT molecular complexity index is 1630. The fraction of sp³-hybridized carbons (Fsp3) is 0.321. The van der Waals surface area contributed by atoms with E-state index in [9.17, 15) is 18.7 Å². The predicted molar refractivity (Wildman–Crippen MR) is 148 cm³/mol. The number of nitrogens with zero attached hydrogens (tertiary/aromatic N) is 5. The number of ether oxygens (including phenoxy) is 3. The van der Waals surface area contributed by atoms with E-state index in [0.717, 1.165) is 30.2 Å². The van der Waals surface area contributed by atoms with Crippen molar-refractivity contribution in [2.75, 3.05) is 30.5 Å². The molecule has 1 saturated carbocycles. The lowest BCUT2D eigenvalue weighted by Crippen LogP contribution is -2.37. The molecule has 0 spiro atoms. The van der Waals surface area contributed by atoms with Crippen molar-refractivity contribution in [3.63, 3.8) is 0 Å². The first-order valence-corrected chi connectivity index (χ1v) is 13.8. The zero-order valence-electron chi connectivity index (χ0n) is 22.2. The molecule has 2 fully saturated rings. The molecule has 216 valence electrons. The molecule has 3 aromatic rings. The molecule has 0 aromatic carbocycles. The fourth-order valence-electron chi connectivity index (χ4n) is 4.11. The Hall–Kier alpha value is -4.45. The maximum absolute atomic E-state index is 13.6. The Morgan fingerprint density at radius 2 is 2.05 bits per heavy atom. The highest BCUT2D eigenvalue weighted by Gasteiger charge is 2.27. The summed E-state index contributed by atoms with van der Waals surface area (Å²) in [6.45, 7) is 0.945. The van der Waals surface area contributed by atoms with E-state index in [1.807, 2.05) is 0 Å². The zero-order chi connectivity index (χ0) is 29.2. The van der Waals surface area contributed by atoms with Crippen molar-refractivity contribution in [2.24, 2.45) is 5.92 Å². The number of aliphatic hydroxyl groups excluding tert-OH is 1. The van der Waals surface area contributed by atoms with Crippen molar-refractivity contribution in [3.05, 3.63) is 64.9 Å². The number of allylic oxidation sites excluding steroid dienone is 1. The van der Waals surface area contributed by atoms with Crippen LogP contribution in [0.5, 0.6) is 5.75 Å². The van der Waals surface area contributed by atoms with Gasteiger partial charge in [-0.05, 0) is 37.0 Å². The highest BCUT2D eigenvalue weighted by atomic mass is 32.1. The number of aromatic nitrogens is 4. The number of methoxy groups -OCH3 is 1. The van der Waals surface area contributed by atoms with Crippen molar-refractivity contribution in [2.45, 2.75) is 31.6 Å². The Morgan fingerprint density at radius 3 is 2.74 bits per heavy atom. The number of hydrogen-bond acceptors (Lipinski definition) is 11. The topological polar surface area (TPSA) is 132 Å². The molecular weight excluding hydrogens is 570 g/mol. The lowest BCUT2D eigenvalue weighted by atomic mass is 9.99. The number of carbonyl (C=O) groups is 1. The summed E-state index contributed by atoms with van der Waals surface area (Å²) in [5.74, 6) is 6.70. The predicted octanol–water partition coefficient (Wildman–Crippen LogP) is 3.91. The lowest BCUT2D eigenvalue weighted by molar-refractivity contribution is -0.106. The SMILES string of the molecule is COc1cnc(C(F)F)cc1-c1cc(N2C=CC(OC3COC3)=CC2O)ncc1C(=O)Nc1nnc(C#CC2CC2)s1. The number of alkyl halides is 2. The van der Waals surface area contributed by atoms with E-state index in [2.05, 4.69) is 37.3 Å². The van der Waals surface area contributed by atoms with Crippen LogP contribution in [0.4, 0.5) is 19.7 Å². The number of pyridine rings is 2. The van der Waals surface area contributed by atoms with Crippen LogP contribution < -0.4 is 15.0 Å². The van der Waals surface area contributed by atoms with Crippen molar-refractivity contribution in [1.82, 2.24) is 20.2 Å². The van der Waals surface area contributed by atoms with Crippen LogP contribution in [0.2, 0.25) is 0 Å². The summed E-state index contributed by atoms with van der Waals surface area (Å²) in [6, 6.07) is 2.66. The molecule has 1 amide bonds. The molecule has 2 aliphatic heterocycles. The van der Waals surface area contributed by atoms with Gasteiger partial charge in [0.1, 0.15) is 29.1 Å². The first-order valence-electron chi connectivity index (χ1n) is 13.0. The van der Waals surface area contributed by atoms with Crippen LogP contribution >= 0.6 is 11.3 Å². The van der Waals surface area contributed by atoms with Gasteiger partial charge in [-0.1, -0.05) is 17.3 Å². The average Bonchev–Trinajstić information content (AvgIpc) is 3.70. The van der Waals surface area contributed by atoms with Gasteiger partial charge in [0.25, 0.3) is 12.3 Å². The first kappa shape index (κ1) is 27.7. The minimum Gasteiger partial charge on any atom is -0.494 e. The van der Waals surface area contributed by atoms with Crippen LogP contribution in [0.3, 0.4) is 0 Å². The summed E-state index contributed by atoms with van der Waals surface area (Å²) in [7, 11) is 1.37. The molecule has 3 aromatic heterocycles. The Labute approximate surface area is 242 Å². The van der Waals surface area contributed by atoms with Gasteiger partial charge in [0.05, 0.1) is 32.1 Å². The van der Waals surface area contributed by atoms with Gasteiger partial charge in [0.2, 0.25) is 5.13 Å². The smallest absolute Gasteiger partial charge is 0.280 e. The second kappa shape index (κ2) is 11.8. The van der Waals surface area contributed by atoms with Crippen LogP contribution in [-0.4, -0.2) is 63.8 Å². The van der Waals surface area contributed by atoms with Crippen LogP contribution in [0.15, 0.2) is 48.6 Å². The van der Waals surface area contributed by atoms with Gasteiger partial charge >= 0.3 is 0 Å². The summed E-state index contributed by atoms with van der Waals surface area (Å²) in [5.41, 5.74) is -0.0505. The number of aliphatic hydroxyl groups is 1. The summed E-state index contributed by atoms with van der Waals surface area (Å²) < 4.78 is 43.6. The maximum Gasteiger partial charge on any atom is 0.280 e. The summed E-state index contributed by atoms with van der Waals surface area (Å²) in [4.78, 5) is 23.1. The minimum atomic E-state index is -2.86.